The number of hydrogen-bond acceptors (Lipinski definition) is 5. The van der Waals surface area contributed by atoms with E-state index >= 15 is 0 Å². The Balaban J connectivity index is 1.66. The molecule has 4 N–H and O–H groups in total. The van der Waals surface area contributed by atoms with E-state index in [-0.39, 0.29) is 26.6 Å². The number of benzene rings is 3. The van der Waals surface area contributed by atoms with Gasteiger partial charge in [-0.05, 0) is 82.2 Å². The minimum Gasteiger partial charge on any atom is -0.504 e. The van der Waals surface area contributed by atoms with Crippen LogP contribution in [0.1, 0.15) is 5.56 Å². The Hall–Kier alpha value is -3.37. The van der Waals surface area contributed by atoms with E-state index in [9.17, 15) is 27.8 Å². The summed E-state index contributed by atoms with van der Waals surface area (Å²) < 4.78 is 40.7. The predicted molar refractivity (Wildman–Crippen MR) is 119 cm³/mol. The number of carbonyl (C=O) groups is 1. The minimum absolute atomic E-state index is 0.0407. The number of amides is 1. The Morgan fingerprint density at radius 3 is 2.26 bits per heavy atom. The molecule has 0 aliphatic heterocycles. The van der Waals surface area contributed by atoms with Crippen LogP contribution in [0.3, 0.4) is 0 Å². The number of carbonyl (C=O) groups excluding carboxylic acids is 1. The van der Waals surface area contributed by atoms with Gasteiger partial charge >= 0.3 is 0 Å². The molecule has 31 heavy (non-hydrogen) atoms. The highest BCUT2D eigenvalue weighted by Crippen LogP contribution is 2.26. The standard InChI is InChI=1S/C21H16BrFN2O5S/c22-17-12-15(5-8-18(17)23)25-31(29,30)16-6-3-14(4-7-16)24-21(28)10-2-13-1-9-19(26)20(27)11-13/h1-12,25-27H,(H,24,28)/b10-2+. The van der Waals surface area contributed by atoms with E-state index in [1.165, 1.54) is 66.7 Å². The Kier molecular flexibility index (Phi) is 6.62. The van der Waals surface area contributed by atoms with Crippen LogP contribution in [0.15, 0.2) is 76.1 Å². The maximum absolute atomic E-state index is 13.3. The van der Waals surface area contributed by atoms with Crippen molar-refractivity contribution in [3.05, 3.63) is 82.6 Å². The molecule has 0 atom stereocenters. The van der Waals surface area contributed by atoms with Crippen LogP contribution >= 0.6 is 15.9 Å². The summed E-state index contributed by atoms with van der Waals surface area (Å²) in [5.41, 5.74) is 1.06. The molecule has 3 aromatic carbocycles. The van der Waals surface area contributed by atoms with Crippen molar-refractivity contribution < 1.29 is 27.8 Å². The van der Waals surface area contributed by atoms with E-state index in [0.717, 1.165) is 6.07 Å². The highest BCUT2D eigenvalue weighted by molar-refractivity contribution is 9.10. The van der Waals surface area contributed by atoms with Crippen LogP contribution in [0.4, 0.5) is 15.8 Å². The lowest BCUT2D eigenvalue weighted by molar-refractivity contribution is -0.111. The van der Waals surface area contributed by atoms with Gasteiger partial charge in [0.2, 0.25) is 5.91 Å². The van der Waals surface area contributed by atoms with Crippen molar-refractivity contribution in [1.82, 2.24) is 0 Å². The fourth-order valence-corrected chi connectivity index (χ4v) is 3.92. The number of sulfonamides is 1. The number of phenolic OH excluding ortho intramolecular Hbond substituents is 2. The molecule has 0 radical (unpaired) electrons. The van der Waals surface area contributed by atoms with Gasteiger partial charge in [0.25, 0.3) is 10.0 Å². The molecule has 0 saturated carbocycles. The van der Waals surface area contributed by atoms with E-state index in [1.807, 2.05) is 0 Å². The molecule has 0 saturated heterocycles. The first-order valence-corrected chi connectivity index (χ1v) is 11.0. The highest BCUT2D eigenvalue weighted by Gasteiger charge is 2.15. The number of halogens is 2. The molecule has 0 aliphatic carbocycles. The fourth-order valence-electron chi connectivity index (χ4n) is 2.49. The molecular formula is C21H16BrFN2O5S. The molecule has 0 bridgehead atoms. The van der Waals surface area contributed by atoms with Crippen LogP contribution in [0, 0.1) is 5.82 Å². The average Bonchev–Trinajstić information content (AvgIpc) is 2.72. The SMILES string of the molecule is O=C(/C=C/c1ccc(O)c(O)c1)Nc1ccc(S(=O)(=O)Nc2ccc(F)c(Br)c2)cc1. The van der Waals surface area contributed by atoms with Gasteiger partial charge in [-0.2, -0.15) is 0 Å². The van der Waals surface area contributed by atoms with Crippen molar-refractivity contribution in [3.63, 3.8) is 0 Å². The zero-order valence-corrected chi connectivity index (χ0v) is 18.1. The number of anilines is 2. The van der Waals surface area contributed by atoms with E-state index in [0.29, 0.717) is 11.3 Å². The number of hydrogen-bond donors (Lipinski definition) is 4. The van der Waals surface area contributed by atoms with Crippen molar-refractivity contribution in [3.8, 4) is 11.5 Å². The molecule has 0 unspecified atom stereocenters. The summed E-state index contributed by atoms with van der Waals surface area (Å²) in [5.74, 6) is -1.56. The third-order valence-corrected chi connectivity index (χ3v) is 6.04. The second kappa shape index (κ2) is 9.19. The minimum atomic E-state index is -3.91. The summed E-state index contributed by atoms with van der Waals surface area (Å²) in [6, 6.07) is 13.3. The number of aromatic hydroxyl groups is 2. The molecule has 0 fully saturated rings. The van der Waals surface area contributed by atoms with Crippen molar-refractivity contribution >= 4 is 49.3 Å². The van der Waals surface area contributed by atoms with E-state index < -0.39 is 21.7 Å². The van der Waals surface area contributed by atoms with Crippen LogP contribution in [0.25, 0.3) is 6.08 Å². The number of phenols is 2. The summed E-state index contributed by atoms with van der Waals surface area (Å²) in [6.45, 7) is 0. The van der Waals surface area contributed by atoms with Crippen LogP contribution in [-0.4, -0.2) is 24.5 Å². The van der Waals surface area contributed by atoms with Crippen LogP contribution < -0.4 is 10.0 Å². The first kappa shape index (κ1) is 22.3. The zero-order valence-electron chi connectivity index (χ0n) is 15.7. The van der Waals surface area contributed by atoms with Crippen molar-refractivity contribution in [1.29, 1.82) is 0 Å². The lowest BCUT2D eigenvalue weighted by Gasteiger charge is -2.09. The molecule has 3 rings (SSSR count). The fraction of sp³-hybridized carbons (Fsp3) is 0. The lowest BCUT2D eigenvalue weighted by Crippen LogP contribution is -2.13. The summed E-state index contributed by atoms with van der Waals surface area (Å²) in [5, 5.41) is 21.3. The normalized spacial score (nSPS) is 11.4. The maximum Gasteiger partial charge on any atom is 0.261 e. The predicted octanol–water partition coefficient (Wildman–Crippen LogP) is 4.45. The van der Waals surface area contributed by atoms with Gasteiger partial charge < -0.3 is 15.5 Å². The van der Waals surface area contributed by atoms with Gasteiger partial charge in [-0.1, -0.05) is 6.07 Å². The van der Waals surface area contributed by atoms with Gasteiger partial charge in [0.05, 0.1) is 15.1 Å². The topological polar surface area (TPSA) is 116 Å². The van der Waals surface area contributed by atoms with E-state index in [2.05, 4.69) is 26.0 Å². The Bertz CT molecular complexity index is 1260. The van der Waals surface area contributed by atoms with Gasteiger partial charge in [-0.25, -0.2) is 12.8 Å². The van der Waals surface area contributed by atoms with Gasteiger partial charge in [0, 0.05) is 11.8 Å². The molecule has 7 nitrogen and oxygen atoms in total. The van der Waals surface area contributed by atoms with Gasteiger partial charge in [-0.3, -0.25) is 9.52 Å². The molecule has 160 valence electrons. The smallest absolute Gasteiger partial charge is 0.261 e. The van der Waals surface area contributed by atoms with Crippen molar-refractivity contribution in [2.45, 2.75) is 4.90 Å². The van der Waals surface area contributed by atoms with Crippen LogP contribution in [0.2, 0.25) is 0 Å². The second-order valence-corrected chi connectivity index (χ2v) is 8.87. The first-order chi connectivity index (χ1) is 14.6. The summed E-state index contributed by atoms with van der Waals surface area (Å²) in [4.78, 5) is 12.0. The largest absolute Gasteiger partial charge is 0.504 e. The molecule has 0 aromatic heterocycles. The summed E-state index contributed by atoms with van der Waals surface area (Å²) in [6.07, 6.45) is 2.67. The Morgan fingerprint density at radius 1 is 0.935 bits per heavy atom. The first-order valence-electron chi connectivity index (χ1n) is 8.73. The summed E-state index contributed by atoms with van der Waals surface area (Å²) in [7, 11) is -3.91. The van der Waals surface area contributed by atoms with Gasteiger partial charge in [-0.15, -0.1) is 0 Å². The van der Waals surface area contributed by atoms with E-state index in [4.69, 9.17) is 0 Å². The average molecular weight is 507 g/mol. The van der Waals surface area contributed by atoms with E-state index in [1.54, 1.807) is 0 Å². The molecule has 0 heterocycles. The van der Waals surface area contributed by atoms with Crippen LogP contribution in [-0.2, 0) is 14.8 Å². The maximum atomic E-state index is 13.3. The number of nitrogens with one attached hydrogen (secondary N) is 2. The van der Waals surface area contributed by atoms with Crippen molar-refractivity contribution in [2.24, 2.45) is 0 Å². The second-order valence-electron chi connectivity index (χ2n) is 6.33. The monoisotopic (exact) mass is 506 g/mol. The third-order valence-electron chi connectivity index (χ3n) is 4.03. The van der Waals surface area contributed by atoms with Gasteiger partial charge in [0.15, 0.2) is 11.5 Å². The molecule has 10 heteroatoms. The summed E-state index contributed by atoms with van der Waals surface area (Å²) >= 11 is 3.00. The zero-order chi connectivity index (χ0) is 22.6. The van der Waals surface area contributed by atoms with Gasteiger partial charge in [0.1, 0.15) is 5.82 Å². The Labute approximate surface area is 186 Å². The molecule has 0 aliphatic rings. The number of rotatable bonds is 6. The quantitative estimate of drug-likeness (QED) is 0.291. The molecule has 3 aromatic rings. The Morgan fingerprint density at radius 2 is 1.61 bits per heavy atom. The van der Waals surface area contributed by atoms with Crippen LogP contribution in [0.5, 0.6) is 11.5 Å². The highest BCUT2D eigenvalue weighted by atomic mass is 79.9. The molecular weight excluding hydrogens is 491 g/mol. The lowest BCUT2D eigenvalue weighted by atomic mass is 10.2. The third kappa shape index (κ3) is 5.83. The molecule has 0 spiro atoms. The van der Waals surface area contributed by atoms with Crippen molar-refractivity contribution in [2.75, 3.05) is 10.0 Å². The molecule has 1 amide bonds.